The first-order chi connectivity index (χ1) is 8.48. The summed E-state index contributed by atoms with van der Waals surface area (Å²) in [4.78, 5) is 0. The first-order valence-electron chi connectivity index (χ1n) is 5.07. The smallest absolute Gasteiger partial charge is 0.417 e. The Morgan fingerprint density at radius 1 is 0.889 bits per heavy atom. The van der Waals surface area contributed by atoms with E-state index in [-0.39, 0.29) is 5.75 Å². The number of alkyl halides is 3. The van der Waals surface area contributed by atoms with E-state index in [9.17, 15) is 13.2 Å². The first-order valence-corrected chi connectivity index (χ1v) is 5.45. The molecule has 0 aliphatic rings. The van der Waals surface area contributed by atoms with Crippen LogP contribution in [0.5, 0.6) is 11.5 Å². The fraction of sp³-hybridized carbons (Fsp3) is 0.0769. The van der Waals surface area contributed by atoms with Gasteiger partial charge in [0.1, 0.15) is 11.5 Å². The SMILES string of the molecule is FC(F)(F)c1cccc(Oc2ccccc2)c1Cl. The summed E-state index contributed by atoms with van der Waals surface area (Å²) >= 11 is 5.70. The Morgan fingerprint density at radius 2 is 1.56 bits per heavy atom. The van der Waals surface area contributed by atoms with Crippen LogP contribution in [0.4, 0.5) is 13.2 Å². The van der Waals surface area contributed by atoms with Gasteiger partial charge in [-0.3, -0.25) is 0 Å². The van der Waals surface area contributed by atoms with E-state index in [1.165, 1.54) is 12.1 Å². The van der Waals surface area contributed by atoms with Gasteiger partial charge in [0.25, 0.3) is 0 Å². The molecule has 0 spiro atoms. The predicted octanol–water partition coefficient (Wildman–Crippen LogP) is 5.15. The van der Waals surface area contributed by atoms with E-state index in [2.05, 4.69) is 0 Å². The standard InChI is InChI=1S/C13H8ClF3O/c14-12-10(13(15,16)17)7-4-8-11(12)18-9-5-2-1-3-6-9/h1-8H. The molecule has 0 fully saturated rings. The predicted molar refractivity (Wildman–Crippen MR) is 63.0 cm³/mol. The number of para-hydroxylation sites is 1. The molecule has 0 radical (unpaired) electrons. The third kappa shape index (κ3) is 2.76. The molecule has 0 N–H and O–H groups in total. The fourth-order valence-corrected chi connectivity index (χ4v) is 1.70. The van der Waals surface area contributed by atoms with Crippen LogP contribution in [0.25, 0.3) is 0 Å². The number of hydrogen-bond acceptors (Lipinski definition) is 1. The van der Waals surface area contributed by atoms with E-state index >= 15 is 0 Å². The highest BCUT2D eigenvalue weighted by Crippen LogP contribution is 2.40. The van der Waals surface area contributed by atoms with Crippen molar-refractivity contribution in [2.75, 3.05) is 0 Å². The van der Waals surface area contributed by atoms with Crippen LogP contribution in [0.15, 0.2) is 48.5 Å². The second kappa shape index (κ2) is 4.90. The molecule has 18 heavy (non-hydrogen) atoms. The molecular formula is C13H8ClF3O. The molecule has 5 heteroatoms. The van der Waals surface area contributed by atoms with Gasteiger partial charge in [-0.05, 0) is 24.3 Å². The summed E-state index contributed by atoms with van der Waals surface area (Å²) in [6.45, 7) is 0. The average molecular weight is 273 g/mol. The molecule has 0 saturated carbocycles. The summed E-state index contributed by atoms with van der Waals surface area (Å²) in [5.74, 6) is 0.413. The second-order valence-corrected chi connectivity index (χ2v) is 3.91. The molecule has 0 aromatic heterocycles. The van der Waals surface area contributed by atoms with E-state index in [1.807, 2.05) is 0 Å². The van der Waals surface area contributed by atoms with Crippen LogP contribution in [-0.2, 0) is 6.18 Å². The topological polar surface area (TPSA) is 9.23 Å². The summed E-state index contributed by atoms with van der Waals surface area (Å²) in [6.07, 6.45) is -4.49. The lowest BCUT2D eigenvalue weighted by Crippen LogP contribution is -2.06. The molecule has 1 nitrogen and oxygen atoms in total. The highest BCUT2D eigenvalue weighted by Gasteiger charge is 2.34. The lowest BCUT2D eigenvalue weighted by molar-refractivity contribution is -0.137. The van der Waals surface area contributed by atoms with E-state index in [4.69, 9.17) is 16.3 Å². The molecule has 2 aromatic rings. The van der Waals surface area contributed by atoms with Gasteiger partial charge in [-0.2, -0.15) is 13.2 Å². The Morgan fingerprint density at radius 3 is 2.17 bits per heavy atom. The van der Waals surface area contributed by atoms with Crippen LogP contribution in [-0.4, -0.2) is 0 Å². The molecule has 0 saturated heterocycles. The van der Waals surface area contributed by atoms with Crippen molar-refractivity contribution >= 4 is 11.6 Å². The summed E-state index contributed by atoms with van der Waals surface area (Å²) in [7, 11) is 0. The van der Waals surface area contributed by atoms with Crippen LogP contribution in [0.2, 0.25) is 5.02 Å². The van der Waals surface area contributed by atoms with Gasteiger partial charge in [0.05, 0.1) is 10.6 Å². The van der Waals surface area contributed by atoms with Crippen molar-refractivity contribution < 1.29 is 17.9 Å². The van der Waals surface area contributed by atoms with Crippen molar-refractivity contribution in [1.82, 2.24) is 0 Å². The minimum atomic E-state index is -4.49. The normalized spacial score (nSPS) is 11.3. The molecular weight excluding hydrogens is 265 g/mol. The van der Waals surface area contributed by atoms with E-state index in [0.717, 1.165) is 6.07 Å². The van der Waals surface area contributed by atoms with E-state index in [0.29, 0.717) is 5.75 Å². The molecule has 94 valence electrons. The van der Waals surface area contributed by atoms with Crippen LogP contribution in [0.3, 0.4) is 0 Å². The lowest BCUT2D eigenvalue weighted by Gasteiger charge is -2.12. The highest BCUT2D eigenvalue weighted by atomic mass is 35.5. The summed E-state index contributed by atoms with van der Waals surface area (Å²) in [6, 6.07) is 12.1. The van der Waals surface area contributed by atoms with Gasteiger partial charge >= 0.3 is 6.18 Å². The lowest BCUT2D eigenvalue weighted by atomic mass is 10.2. The zero-order chi connectivity index (χ0) is 13.2. The van der Waals surface area contributed by atoms with Crippen LogP contribution >= 0.6 is 11.6 Å². The third-order valence-corrected chi connectivity index (χ3v) is 2.63. The Hall–Kier alpha value is -1.68. The molecule has 2 rings (SSSR count). The number of rotatable bonds is 2. The average Bonchev–Trinajstić information content (AvgIpc) is 2.32. The van der Waals surface area contributed by atoms with Crippen molar-refractivity contribution in [1.29, 1.82) is 0 Å². The first kappa shape index (κ1) is 12.8. The Balaban J connectivity index is 2.36. The molecule has 2 aromatic carbocycles. The summed E-state index contributed by atoms with van der Waals surface area (Å²) in [5.41, 5.74) is -0.905. The molecule has 0 aliphatic carbocycles. The zero-order valence-corrected chi connectivity index (χ0v) is 9.79. The molecule has 0 aliphatic heterocycles. The van der Waals surface area contributed by atoms with Gasteiger partial charge in [0.15, 0.2) is 0 Å². The molecule has 0 heterocycles. The van der Waals surface area contributed by atoms with Crippen molar-refractivity contribution in [2.45, 2.75) is 6.18 Å². The molecule has 0 atom stereocenters. The third-order valence-electron chi connectivity index (χ3n) is 2.24. The van der Waals surface area contributed by atoms with Gasteiger partial charge in [-0.25, -0.2) is 0 Å². The van der Waals surface area contributed by atoms with Crippen molar-refractivity contribution in [2.24, 2.45) is 0 Å². The quantitative estimate of drug-likeness (QED) is 0.734. The maximum absolute atomic E-state index is 12.6. The zero-order valence-electron chi connectivity index (χ0n) is 9.04. The van der Waals surface area contributed by atoms with Crippen molar-refractivity contribution in [3.8, 4) is 11.5 Å². The van der Waals surface area contributed by atoms with Gasteiger partial charge in [0.2, 0.25) is 0 Å². The molecule has 0 amide bonds. The van der Waals surface area contributed by atoms with Crippen molar-refractivity contribution in [3.05, 3.63) is 59.1 Å². The van der Waals surface area contributed by atoms with E-state index in [1.54, 1.807) is 30.3 Å². The van der Waals surface area contributed by atoms with Crippen LogP contribution < -0.4 is 4.74 Å². The van der Waals surface area contributed by atoms with Gasteiger partial charge in [-0.1, -0.05) is 35.9 Å². The van der Waals surface area contributed by atoms with Crippen LogP contribution in [0.1, 0.15) is 5.56 Å². The monoisotopic (exact) mass is 272 g/mol. The Bertz CT molecular complexity index is 538. The summed E-state index contributed by atoms with van der Waals surface area (Å²) < 4.78 is 43.2. The van der Waals surface area contributed by atoms with Gasteiger partial charge in [0, 0.05) is 0 Å². The molecule has 0 bridgehead atoms. The fourth-order valence-electron chi connectivity index (χ4n) is 1.42. The minimum Gasteiger partial charge on any atom is -0.456 e. The second-order valence-electron chi connectivity index (χ2n) is 3.53. The Labute approximate surface area is 107 Å². The number of ether oxygens (including phenoxy) is 1. The number of benzene rings is 2. The molecule has 0 unspecified atom stereocenters. The maximum atomic E-state index is 12.6. The van der Waals surface area contributed by atoms with Gasteiger partial charge < -0.3 is 4.74 Å². The number of halogens is 4. The van der Waals surface area contributed by atoms with Gasteiger partial charge in [-0.15, -0.1) is 0 Å². The minimum absolute atomic E-state index is 0.0160. The summed E-state index contributed by atoms with van der Waals surface area (Å²) in [5, 5.41) is -0.436. The largest absolute Gasteiger partial charge is 0.456 e. The van der Waals surface area contributed by atoms with Crippen LogP contribution in [0, 0.1) is 0 Å². The van der Waals surface area contributed by atoms with Crippen molar-refractivity contribution in [3.63, 3.8) is 0 Å². The maximum Gasteiger partial charge on any atom is 0.417 e. The number of hydrogen-bond donors (Lipinski definition) is 0. The Kier molecular flexibility index (Phi) is 3.48. The van der Waals surface area contributed by atoms with E-state index < -0.39 is 16.8 Å². The highest BCUT2D eigenvalue weighted by molar-refractivity contribution is 6.32.